The Balaban J connectivity index is 2.34. The highest BCUT2D eigenvalue weighted by Crippen LogP contribution is 2.47. The van der Waals surface area contributed by atoms with Crippen molar-refractivity contribution in [3.05, 3.63) is 0 Å². The summed E-state index contributed by atoms with van der Waals surface area (Å²) in [6.07, 6.45) is 3.39. The molecular weight excluding hydrogens is 232 g/mol. The third kappa shape index (κ3) is 4.55. The second-order valence-corrected chi connectivity index (χ2v) is 5.63. The van der Waals surface area contributed by atoms with Crippen LogP contribution in [-0.4, -0.2) is 29.7 Å². The number of carbonyl (C=O) groups is 2. The third-order valence-corrected chi connectivity index (χ3v) is 3.85. The highest BCUT2D eigenvalue weighted by atomic mass is 16.4. The zero-order valence-electron chi connectivity index (χ0n) is 11.5. The smallest absolute Gasteiger partial charge is 0.315 e. The normalized spacial score (nSPS) is 18.2. The number of carbonyl (C=O) groups excluding carboxylic acids is 1. The highest BCUT2D eigenvalue weighted by Gasteiger charge is 2.40. The first kappa shape index (κ1) is 14.8. The first-order chi connectivity index (χ1) is 8.38. The lowest BCUT2D eigenvalue weighted by Crippen LogP contribution is -2.46. The lowest BCUT2D eigenvalue weighted by atomic mass is 10.0. The molecule has 1 atom stereocenters. The summed E-state index contributed by atoms with van der Waals surface area (Å²) in [4.78, 5) is 22.4. The molecule has 5 nitrogen and oxygen atoms in total. The number of hydrogen-bond donors (Lipinski definition) is 3. The maximum absolute atomic E-state index is 11.7. The van der Waals surface area contributed by atoms with E-state index >= 15 is 0 Å². The van der Waals surface area contributed by atoms with Crippen molar-refractivity contribution in [1.29, 1.82) is 0 Å². The fourth-order valence-electron chi connectivity index (χ4n) is 1.96. The van der Waals surface area contributed by atoms with E-state index in [9.17, 15) is 9.59 Å². The number of urea groups is 1. The van der Waals surface area contributed by atoms with Crippen molar-refractivity contribution in [3.8, 4) is 0 Å². The lowest BCUT2D eigenvalue weighted by molar-refractivity contribution is -0.137. The molecule has 5 heteroatoms. The maximum Gasteiger partial charge on any atom is 0.315 e. The third-order valence-electron chi connectivity index (χ3n) is 3.85. The number of amides is 2. The van der Waals surface area contributed by atoms with Crippen molar-refractivity contribution in [2.45, 2.75) is 52.5 Å². The van der Waals surface area contributed by atoms with Crippen LogP contribution in [0.25, 0.3) is 0 Å². The Morgan fingerprint density at radius 2 is 1.94 bits per heavy atom. The van der Waals surface area contributed by atoms with Gasteiger partial charge in [0.2, 0.25) is 0 Å². The molecule has 1 saturated carbocycles. The summed E-state index contributed by atoms with van der Waals surface area (Å²) in [5.41, 5.74) is 0.303. The van der Waals surface area contributed by atoms with Gasteiger partial charge in [0.15, 0.2) is 0 Å². The molecule has 0 bridgehead atoms. The molecule has 1 unspecified atom stereocenters. The predicted octanol–water partition coefficient (Wildman–Crippen LogP) is 1.98. The monoisotopic (exact) mass is 256 g/mol. The number of aliphatic carboxylic acids is 1. The molecule has 2 amide bonds. The fourth-order valence-corrected chi connectivity index (χ4v) is 1.96. The number of nitrogens with one attached hydrogen (secondary N) is 2. The zero-order valence-corrected chi connectivity index (χ0v) is 11.5. The maximum atomic E-state index is 11.7. The molecule has 0 aromatic carbocycles. The summed E-state index contributed by atoms with van der Waals surface area (Å²) in [5, 5.41) is 14.4. The van der Waals surface area contributed by atoms with Gasteiger partial charge in [-0.15, -0.1) is 0 Å². The van der Waals surface area contributed by atoms with Crippen molar-refractivity contribution >= 4 is 12.0 Å². The van der Waals surface area contributed by atoms with E-state index in [1.165, 1.54) is 12.8 Å². The van der Waals surface area contributed by atoms with E-state index < -0.39 is 5.97 Å². The highest BCUT2D eigenvalue weighted by molar-refractivity contribution is 5.75. The predicted molar refractivity (Wildman–Crippen MR) is 69.4 cm³/mol. The number of rotatable bonds is 7. The topological polar surface area (TPSA) is 78.4 Å². The van der Waals surface area contributed by atoms with E-state index in [0.717, 1.165) is 6.42 Å². The standard InChI is InChI=1S/C13H24N2O3/c1-4-13(5-6-13)8-14-12(18)15-10(9(2)3)7-11(16)17/h9-10H,4-8H2,1-3H3,(H,16,17)(H2,14,15,18). The summed E-state index contributed by atoms with van der Waals surface area (Å²) in [5.74, 6) is -0.783. The van der Waals surface area contributed by atoms with Crippen molar-refractivity contribution < 1.29 is 14.7 Å². The van der Waals surface area contributed by atoms with E-state index in [-0.39, 0.29) is 24.4 Å². The van der Waals surface area contributed by atoms with Crippen LogP contribution in [0, 0.1) is 11.3 Å². The molecule has 0 saturated heterocycles. The number of hydrogen-bond acceptors (Lipinski definition) is 2. The molecule has 0 aromatic rings. The van der Waals surface area contributed by atoms with Crippen LogP contribution in [0.2, 0.25) is 0 Å². The van der Waals surface area contributed by atoms with Gasteiger partial charge < -0.3 is 15.7 Å². The molecule has 1 aliphatic rings. The molecule has 1 fully saturated rings. The second kappa shape index (κ2) is 6.07. The van der Waals surface area contributed by atoms with Crippen LogP contribution in [0.4, 0.5) is 4.79 Å². The van der Waals surface area contributed by atoms with Crippen LogP contribution in [0.1, 0.15) is 46.5 Å². The molecule has 1 rings (SSSR count). The molecule has 0 aliphatic heterocycles. The quantitative estimate of drug-likeness (QED) is 0.651. The van der Waals surface area contributed by atoms with Gasteiger partial charge in [-0.25, -0.2) is 4.79 Å². The average molecular weight is 256 g/mol. The Morgan fingerprint density at radius 3 is 2.33 bits per heavy atom. The zero-order chi connectivity index (χ0) is 13.8. The van der Waals surface area contributed by atoms with E-state index in [4.69, 9.17) is 5.11 Å². The average Bonchev–Trinajstić information content (AvgIpc) is 3.05. The van der Waals surface area contributed by atoms with Crippen molar-refractivity contribution in [2.75, 3.05) is 6.54 Å². The largest absolute Gasteiger partial charge is 0.481 e. The molecule has 1 aliphatic carbocycles. The summed E-state index contributed by atoms with van der Waals surface area (Å²) >= 11 is 0. The van der Waals surface area contributed by atoms with Crippen molar-refractivity contribution in [2.24, 2.45) is 11.3 Å². The molecule has 104 valence electrons. The van der Waals surface area contributed by atoms with Crippen molar-refractivity contribution in [1.82, 2.24) is 10.6 Å². The van der Waals surface area contributed by atoms with Crippen molar-refractivity contribution in [3.63, 3.8) is 0 Å². The lowest BCUT2D eigenvalue weighted by Gasteiger charge is -2.22. The summed E-state index contributed by atoms with van der Waals surface area (Å²) in [6, 6.07) is -0.575. The Bertz CT molecular complexity index is 311. The minimum atomic E-state index is -0.888. The first-order valence-electron chi connectivity index (χ1n) is 6.65. The van der Waals surface area contributed by atoms with Gasteiger partial charge >= 0.3 is 12.0 Å². The Hall–Kier alpha value is -1.26. The van der Waals surface area contributed by atoms with Gasteiger partial charge in [-0.1, -0.05) is 20.8 Å². The first-order valence-corrected chi connectivity index (χ1v) is 6.65. The summed E-state index contributed by atoms with van der Waals surface area (Å²) < 4.78 is 0. The summed E-state index contributed by atoms with van der Waals surface area (Å²) in [6.45, 7) is 6.63. The Morgan fingerprint density at radius 1 is 1.33 bits per heavy atom. The molecule has 0 aromatic heterocycles. The molecule has 18 heavy (non-hydrogen) atoms. The minimum Gasteiger partial charge on any atom is -0.481 e. The van der Waals surface area contributed by atoms with Crippen LogP contribution in [0.3, 0.4) is 0 Å². The van der Waals surface area contributed by atoms with Crippen LogP contribution in [-0.2, 0) is 4.79 Å². The van der Waals surface area contributed by atoms with Crippen LogP contribution in [0.15, 0.2) is 0 Å². The van der Waals surface area contributed by atoms with Gasteiger partial charge in [0.05, 0.1) is 6.42 Å². The van der Waals surface area contributed by atoms with Gasteiger partial charge in [0, 0.05) is 12.6 Å². The molecule has 0 heterocycles. The Kier molecular flexibility index (Phi) is 4.99. The van der Waals surface area contributed by atoms with E-state index in [2.05, 4.69) is 17.6 Å². The number of carboxylic acids is 1. The van der Waals surface area contributed by atoms with Crippen LogP contribution in [0.5, 0.6) is 0 Å². The van der Waals surface area contributed by atoms with Crippen LogP contribution >= 0.6 is 0 Å². The Labute approximate surface area is 108 Å². The SMILES string of the molecule is CCC1(CNC(=O)NC(CC(=O)O)C(C)C)CC1. The molecule has 0 radical (unpaired) electrons. The van der Waals surface area contributed by atoms with Gasteiger partial charge in [-0.2, -0.15) is 0 Å². The van der Waals surface area contributed by atoms with Crippen LogP contribution < -0.4 is 10.6 Å². The van der Waals surface area contributed by atoms with E-state index in [1.54, 1.807) is 0 Å². The summed E-state index contributed by atoms with van der Waals surface area (Å²) in [7, 11) is 0. The second-order valence-electron chi connectivity index (χ2n) is 5.63. The van der Waals surface area contributed by atoms with Gasteiger partial charge in [-0.05, 0) is 30.6 Å². The van der Waals surface area contributed by atoms with E-state index in [1.807, 2.05) is 13.8 Å². The van der Waals surface area contributed by atoms with Gasteiger partial charge in [0.1, 0.15) is 0 Å². The van der Waals surface area contributed by atoms with Gasteiger partial charge in [0.25, 0.3) is 0 Å². The molecular formula is C13H24N2O3. The molecule has 3 N–H and O–H groups in total. The number of carboxylic acid groups (broad SMARTS) is 1. The molecule has 0 spiro atoms. The van der Waals surface area contributed by atoms with Gasteiger partial charge in [-0.3, -0.25) is 4.79 Å². The van der Waals surface area contributed by atoms with E-state index in [0.29, 0.717) is 12.0 Å². The minimum absolute atomic E-state index is 0.0377. The fraction of sp³-hybridized carbons (Fsp3) is 0.846.